The summed E-state index contributed by atoms with van der Waals surface area (Å²) in [4.78, 5) is 19.0. The topological polar surface area (TPSA) is 51.1 Å². The Bertz CT molecular complexity index is 1190. The van der Waals surface area contributed by atoms with Crippen molar-refractivity contribution >= 4 is 27.4 Å². The molecule has 6 heteroatoms. The molecule has 0 saturated carbocycles. The maximum atomic E-state index is 5.57. The van der Waals surface area contributed by atoms with E-state index in [0.29, 0.717) is 6.54 Å². The van der Waals surface area contributed by atoms with Crippen LogP contribution in [0.4, 0.5) is 5.82 Å². The maximum absolute atomic E-state index is 5.57. The van der Waals surface area contributed by atoms with Gasteiger partial charge in [0, 0.05) is 42.0 Å². The molecule has 5 rings (SSSR count). The van der Waals surface area contributed by atoms with Crippen LogP contribution in [0.25, 0.3) is 21.6 Å². The Morgan fingerprint density at radius 1 is 1.07 bits per heavy atom. The summed E-state index contributed by atoms with van der Waals surface area (Å²) in [6.07, 6.45) is 8.36. The number of nitrogens with zero attached hydrogens (tertiary/aromatic N) is 4. The van der Waals surface area contributed by atoms with Crippen LogP contribution in [0.5, 0.6) is 5.75 Å². The summed E-state index contributed by atoms with van der Waals surface area (Å²) in [6.45, 7) is 0.716. The Morgan fingerprint density at radius 2 is 1.93 bits per heavy atom. The number of para-hydroxylation sites is 1. The highest BCUT2D eigenvalue weighted by Crippen LogP contribution is 2.41. The summed E-state index contributed by atoms with van der Waals surface area (Å²) < 4.78 is 5.57. The third-order valence-electron chi connectivity index (χ3n) is 5.68. The first-order chi connectivity index (χ1) is 14.7. The molecule has 0 N–H and O–H groups in total. The van der Waals surface area contributed by atoms with E-state index in [0.717, 1.165) is 46.2 Å². The molecule has 1 aliphatic carbocycles. The molecule has 1 aliphatic rings. The van der Waals surface area contributed by atoms with E-state index in [4.69, 9.17) is 14.7 Å². The van der Waals surface area contributed by atoms with Crippen LogP contribution < -0.4 is 9.64 Å². The molecule has 0 spiro atoms. The van der Waals surface area contributed by atoms with Gasteiger partial charge in [0.15, 0.2) is 5.82 Å². The largest absolute Gasteiger partial charge is 0.496 e. The standard InChI is InChI=1S/C24H24N4OS/c1-28(15-17-8-3-5-11-19(17)29-2)23-21-18-10-4-6-12-20(18)30-24(21)27-22(26-23)16-9-7-13-25-14-16/h3,5,7-9,11,13-14H,4,6,10,12,15H2,1-2H3. The molecule has 4 aromatic rings. The van der Waals surface area contributed by atoms with Gasteiger partial charge in [-0.05, 0) is 49.4 Å². The molecule has 0 unspecified atom stereocenters. The Morgan fingerprint density at radius 3 is 2.77 bits per heavy atom. The van der Waals surface area contributed by atoms with Crippen LogP contribution in [0.1, 0.15) is 28.8 Å². The number of rotatable bonds is 5. The van der Waals surface area contributed by atoms with E-state index in [1.807, 2.05) is 41.8 Å². The molecule has 3 heterocycles. The van der Waals surface area contributed by atoms with Crippen molar-refractivity contribution in [1.29, 1.82) is 0 Å². The summed E-state index contributed by atoms with van der Waals surface area (Å²) in [5, 5.41) is 1.22. The molecule has 30 heavy (non-hydrogen) atoms. The van der Waals surface area contributed by atoms with Gasteiger partial charge in [0.05, 0.1) is 12.5 Å². The molecule has 0 amide bonds. The molecule has 3 aromatic heterocycles. The Hall–Kier alpha value is -2.99. The second-order valence-electron chi connectivity index (χ2n) is 7.67. The number of aryl methyl sites for hydroxylation is 2. The van der Waals surface area contributed by atoms with E-state index in [1.165, 1.54) is 28.7 Å². The van der Waals surface area contributed by atoms with Crippen LogP contribution in [-0.2, 0) is 19.4 Å². The van der Waals surface area contributed by atoms with Gasteiger partial charge in [-0.15, -0.1) is 11.3 Å². The van der Waals surface area contributed by atoms with Crippen LogP contribution in [0.3, 0.4) is 0 Å². The minimum Gasteiger partial charge on any atom is -0.496 e. The molecule has 0 aliphatic heterocycles. The van der Waals surface area contributed by atoms with E-state index in [1.54, 1.807) is 13.3 Å². The van der Waals surface area contributed by atoms with Gasteiger partial charge in [0.25, 0.3) is 0 Å². The summed E-state index contributed by atoms with van der Waals surface area (Å²) in [5.41, 5.74) is 3.53. The average Bonchev–Trinajstić information content (AvgIpc) is 3.18. The van der Waals surface area contributed by atoms with Gasteiger partial charge in [-0.1, -0.05) is 18.2 Å². The number of anilines is 1. The zero-order valence-corrected chi connectivity index (χ0v) is 18.1. The monoisotopic (exact) mass is 416 g/mol. The number of methoxy groups -OCH3 is 1. The van der Waals surface area contributed by atoms with Gasteiger partial charge in [0.1, 0.15) is 16.4 Å². The van der Waals surface area contributed by atoms with Crippen LogP contribution >= 0.6 is 11.3 Å². The van der Waals surface area contributed by atoms with E-state index in [-0.39, 0.29) is 0 Å². The van der Waals surface area contributed by atoms with Crippen LogP contribution in [-0.4, -0.2) is 29.1 Å². The van der Waals surface area contributed by atoms with Gasteiger partial charge >= 0.3 is 0 Å². The number of hydrogen-bond acceptors (Lipinski definition) is 6. The normalized spacial score (nSPS) is 13.3. The Balaban J connectivity index is 1.65. The van der Waals surface area contributed by atoms with E-state index < -0.39 is 0 Å². The van der Waals surface area contributed by atoms with Gasteiger partial charge in [-0.3, -0.25) is 4.98 Å². The number of benzene rings is 1. The number of fused-ring (bicyclic) bond motifs is 3. The van der Waals surface area contributed by atoms with Crippen LogP contribution in [0.2, 0.25) is 0 Å². The van der Waals surface area contributed by atoms with Crippen molar-refractivity contribution in [3.8, 4) is 17.1 Å². The number of pyridine rings is 1. The van der Waals surface area contributed by atoms with E-state index in [9.17, 15) is 0 Å². The fourth-order valence-corrected chi connectivity index (χ4v) is 5.46. The third-order valence-corrected chi connectivity index (χ3v) is 6.86. The molecule has 5 nitrogen and oxygen atoms in total. The maximum Gasteiger partial charge on any atom is 0.164 e. The van der Waals surface area contributed by atoms with Gasteiger partial charge in [0.2, 0.25) is 0 Å². The van der Waals surface area contributed by atoms with Crippen LogP contribution in [0, 0.1) is 0 Å². The summed E-state index contributed by atoms with van der Waals surface area (Å²) >= 11 is 1.83. The second-order valence-corrected chi connectivity index (χ2v) is 8.76. The molecule has 0 atom stereocenters. The summed E-state index contributed by atoms with van der Waals surface area (Å²) in [6, 6.07) is 12.1. The molecular formula is C24H24N4OS. The molecule has 0 saturated heterocycles. The first-order valence-electron chi connectivity index (χ1n) is 10.3. The molecule has 0 bridgehead atoms. The quantitative estimate of drug-likeness (QED) is 0.443. The fraction of sp³-hybridized carbons (Fsp3) is 0.292. The van der Waals surface area contributed by atoms with Crippen molar-refractivity contribution in [2.24, 2.45) is 0 Å². The molecule has 0 fully saturated rings. The summed E-state index contributed by atoms with van der Waals surface area (Å²) in [5.74, 6) is 2.62. The average molecular weight is 417 g/mol. The predicted octanol–water partition coefficient (Wildman–Crippen LogP) is 5.28. The lowest BCUT2D eigenvalue weighted by molar-refractivity contribution is 0.409. The lowest BCUT2D eigenvalue weighted by Gasteiger charge is -2.22. The smallest absolute Gasteiger partial charge is 0.164 e. The number of ether oxygens (including phenoxy) is 1. The second kappa shape index (κ2) is 8.03. The van der Waals surface area contributed by atoms with Gasteiger partial charge in [-0.2, -0.15) is 0 Å². The van der Waals surface area contributed by atoms with Crippen molar-refractivity contribution in [2.75, 3.05) is 19.1 Å². The number of thiophene rings is 1. The first-order valence-corrected chi connectivity index (χ1v) is 11.1. The Labute approximate surface area is 180 Å². The van der Waals surface area contributed by atoms with E-state index in [2.05, 4.69) is 29.1 Å². The molecule has 1 aromatic carbocycles. The Kier molecular flexibility index (Phi) is 5.09. The summed E-state index contributed by atoms with van der Waals surface area (Å²) in [7, 11) is 3.83. The molecular weight excluding hydrogens is 392 g/mol. The lowest BCUT2D eigenvalue weighted by atomic mass is 9.97. The lowest BCUT2D eigenvalue weighted by Crippen LogP contribution is -2.19. The fourth-order valence-electron chi connectivity index (χ4n) is 4.20. The van der Waals surface area contributed by atoms with Crippen molar-refractivity contribution in [2.45, 2.75) is 32.2 Å². The first kappa shape index (κ1) is 19.0. The van der Waals surface area contributed by atoms with Gasteiger partial charge in [-0.25, -0.2) is 9.97 Å². The van der Waals surface area contributed by atoms with Crippen molar-refractivity contribution in [3.05, 3.63) is 64.8 Å². The van der Waals surface area contributed by atoms with Crippen molar-refractivity contribution < 1.29 is 4.74 Å². The predicted molar refractivity (Wildman–Crippen MR) is 122 cm³/mol. The minimum atomic E-state index is 0.716. The number of aromatic nitrogens is 3. The zero-order valence-electron chi connectivity index (χ0n) is 17.3. The molecule has 0 radical (unpaired) electrons. The molecule has 152 valence electrons. The van der Waals surface area contributed by atoms with E-state index >= 15 is 0 Å². The van der Waals surface area contributed by atoms with Gasteiger partial charge < -0.3 is 9.64 Å². The van der Waals surface area contributed by atoms with Crippen molar-refractivity contribution in [1.82, 2.24) is 15.0 Å². The highest BCUT2D eigenvalue weighted by Gasteiger charge is 2.23. The SMILES string of the molecule is COc1ccccc1CN(C)c1nc(-c2cccnc2)nc2sc3c(c12)CCCC3. The third kappa shape index (κ3) is 3.41. The highest BCUT2D eigenvalue weighted by molar-refractivity contribution is 7.19. The number of hydrogen-bond donors (Lipinski definition) is 0. The zero-order chi connectivity index (χ0) is 20.5. The highest BCUT2D eigenvalue weighted by atomic mass is 32.1. The van der Waals surface area contributed by atoms with Crippen molar-refractivity contribution in [3.63, 3.8) is 0 Å². The minimum absolute atomic E-state index is 0.716. The van der Waals surface area contributed by atoms with Crippen LogP contribution in [0.15, 0.2) is 48.8 Å².